The highest BCUT2D eigenvalue weighted by molar-refractivity contribution is 6.00. The van der Waals surface area contributed by atoms with E-state index in [0.29, 0.717) is 17.9 Å². The lowest BCUT2D eigenvalue weighted by atomic mass is 10.1. The van der Waals surface area contributed by atoms with Gasteiger partial charge in [-0.3, -0.25) is 9.59 Å². The average Bonchev–Trinajstić information content (AvgIpc) is 2.78. The van der Waals surface area contributed by atoms with Crippen molar-refractivity contribution in [3.63, 3.8) is 0 Å². The number of nitrogens with zero attached hydrogens (tertiary/aromatic N) is 2. The maximum absolute atomic E-state index is 12.7. The monoisotopic (exact) mass is 402 g/mol. The minimum atomic E-state index is -0.334. The Hall–Kier alpha value is -3.67. The summed E-state index contributed by atoms with van der Waals surface area (Å²) < 4.78 is 0. The van der Waals surface area contributed by atoms with Gasteiger partial charge in [0.05, 0.1) is 17.8 Å². The van der Waals surface area contributed by atoms with Crippen LogP contribution in [-0.4, -0.2) is 48.9 Å². The summed E-state index contributed by atoms with van der Waals surface area (Å²) in [7, 11) is 3.31. The third-order valence-electron chi connectivity index (χ3n) is 4.66. The molecule has 6 heteroatoms. The number of likely N-dealkylation sites (N-methyl/N-ethyl adjacent to an activating group) is 1. The predicted molar refractivity (Wildman–Crippen MR) is 119 cm³/mol. The Kier molecular flexibility index (Phi) is 7.16. The van der Waals surface area contributed by atoms with Gasteiger partial charge in [0.2, 0.25) is 5.91 Å². The minimum Gasteiger partial charge on any atom is -0.369 e. The van der Waals surface area contributed by atoms with Crippen LogP contribution < -0.4 is 10.6 Å². The summed E-state index contributed by atoms with van der Waals surface area (Å²) in [6, 6.07) is 23.5. The molecule has 0 aliphatic carbocycles. The van der Waals surface area contributed by atoms with Crippen LogP contribution in [0.1, 0.15) is 15.9 Å². The molecule has 0 radical (unpaired) electrons. The molecule has 2 aromatic carbocycles. The molecule has 0 aliphatic heterocycles. The molecule has 30 heavy (non-hydrogen) atoms. The number of anilines is 1. The number of carbonyl (C=O) groups is 2. The molecule has 1 aromatic heterocycles. The Labute approximate surface area is 177 Å². The maximum Gasteiger partial charge on any atom is 0.255 e. The largest absolute Gasteiger partial charge is 0.369 e. The normalized spacial score (nSPS) is 10.3. The molecule has 3 aromatic rings. The molecule has 154 valence electrons. The molecule has 6 nitrogen and oxygen atoms in total. The van der Waals surface area contributed by atoms with E-state index in [2.05, 4.69) is 22.8 Å². The highest BCUT2D eigenvalue weighted by Crippen LogP contribution is 2.22. The van der Waals surface area contributed by atoms with Crippen molar-refractivity contribution in [1.29, 1.82) is 0 Å². The molecule has 0 aliphatic rings. The lowest BCUT2D eigenvalue weighted by Crippen LogP contribution is -2.36. The van der Waals surface area contributed by atoms with Gasteiger partial charge >= 0.3 is 0 Å². The Morgan fingerprint density at radius 3 is 2.23 bits per heavy atom. The second-order valence-corrected chi connectivity index (χ2v) is 7.09. The Morgan fingerprint density at radius 2 is 1.57 bits per heavy atom. The highest BCUT2D eigenvalue weighted by atomic mass is 16.2. The van der Waals surface area contributed by atoms with Gasteiger partial charge in [0.1, 0.15) is 5.82 Å². The molecule has 0 spiro atoms. The first kappa shape index (κ1) is 21.0. The molecule has 0 saturated heterocycles. The van der Waals surface area contributed by atoms with E-state index in [1.807, 2.05) is 54.6 Å². The summed E-state index contributed by atoms with van der Waals surface area (Å²) in [5.74, 6) is -0.00240. The van der Waals surface area contributed by atoms with Gasteiger partial charge in [0, 0.05) is 26.2 Å². The third-order valence-corrected chi connectivity index (χ3v) is 4.66. The van der Waals surface area contributed by atoms with E-state index in [4.69, 9.17) is 4.98 Å². The predicted octanol–water partition coefficient (Wildman–Crippen LogP) is 3.22. The average molecular weight is 402 g/mol. The second-order valence-electron chi connectivity index (χ2n) is 7.09. The zero-order chi connectivity index (χ0) is 21.3. The van der Waals surface area contributed by atoms with E-state index in [1.54, 1.807) is 20.2 Å². The van der Waals surface area contributed by atoms with Gasteiger partial charge in [-0.05, 0) is 24.1 Å². The van der Waals surface area contributed by atoms with Crippen molar-refractivity contribution in [3.05, 3.63) is 83.9 Å². The maximum atomic E-state index is 12.7. The fourth-order valence-corrected chi connectivity index (χ4v) is 2.93. The molecule has 3 rings (SSSR count). The first-order valence-corrected chi connectivity index (χ1v) is 9.87. The van der Waals surface area contributed by atoms with Crippen molar-refractivity contribution < 1.29 is 9.59 Å². The Balaban J connectivity index is 1.79. The Morgan fingerprint density at radius 1 is 0.900 bits per heavy atom. The Bertz CT molecular complexity index is 989. The van der Waals surface area contributed by atoms with Crippen LogP contribution in [0.4, 0.5) is 5.82 Å². The zero-order valence-electron chi connectivity index (χ0n) is 17.3. The summed E-state index contributed by atoms with van der Waals surface area (Å²) in [6.45, 7) is 0.571. The van der Waals surface area contributed by atoms with Gasteiger partial charge in [-0.15, -0.1) is 0 Å². The van der Waals surface area contributed by atoms with Crippen LogP contribution in [0.15, 0.2) is 72.8 Å². The number of nitrogens with one attached hydrogen (secondary N) is 2. The van der Waals surface area contributed by atoms with Crippen LogP contribution >= 0.6 is 0 Å². The van der Waals surface area contributed by atoms with Crippen LogP contribution in [0.3, 0.4) is 0 Å². The first-order valence-electron chi connectivity index (χ1n) is 9.87. The van der Waals surface area contributed by atoms with Crippen molar-refractivity contribution >= 4 is 17.6 Å². The fourth-order valence-electron chi connectivity index (χ4n) is 2.93. The van der Waals surface area contributed by atoms with Crippen molar-refractivity contribution in [3.8, 4) is 11.3 Å². The third kappa shape index (κ3) is 5.67. The molecule has 0 saturated carbocycles. The first-order chi connectivity index (χ1) is 14.5. The number of benzene rings is 2. The molecule has 1 heterocycles. The summed E-state index contributed by atoms with van der Waals surface area (Å²) >= 11 is 0. The molecule has 0 fully saturated rings. The number of aromatic nitrogens is 1. The van der Waals surface area contributed by atoms with Gasteiger partial charge in [0.25, 0.3) is 5.91 Å². The minimum absolute atomic E-state index is 0.0598. The molecular formula is C24H26N4O2. The van der Waals surface area contributed by atoms with Gasteiger partial charge in [0.15, 0.2) is 0 Å². The van der Waals surface area contributed by atoms with E-state index in [1.165, 1.54) is 10.5 Å². The van der Waals surface area contributed by atoms with E-state index >= 15 is 0 Å². The summed E-state index contributed by atoms with van der Waals surface area (Å²) in [6.07, 6.45) is 0.804. The van der Waals surface area contributed by atoms with E-state index in [9.17, 15) is 9.59 Å². The lowest BCUT2D eigenvalue weighted by Gasteiger charge is -2.14. The molecule has 2 amide bonds. The smallest absolute Gasteiger partial charge is 0.255 e. The molecule has 0 atom stereocenters. The molecular weight excluding hydrogens is 376 g/mol. The van der Waals surface area contributed by atoms with Gasteiger partial charge in [-0.2, -0.15) is 0 Å². The number of pyridine rings is 1. The van der Waals surface area contributed by atoms with Gasteiger partial charge in [-0.25, -0.2) is 4.98 Å². The topological polar surface area (TPSA) is 74.3 Å². The number of rotatable bonds is 8. The van der Waals surface area contributed by atoms with Crippen LogP contribution in [0.5, 0.6) is 0 Å². The van der Waals surface area contributed by atoms with E-state index < -0.39 is 0 Å². The molecule has 0 unspecified atom stereocenters. The van der Waals surface area contributed by atoms with Crippen LogP contribution in [0.2, 0.25) is 0 Å². The van der Waals surface area contributed by atoms with Crippen LogP contribution in [0, 0.1) is 0 Å². The SMILES string of the molecule is CN(C)C(=O)CNC(=O)c1ccc(-c2ccccc2)nc1NCCc1ccccc1. The molecule has 0 bridgehead atoms. The number of amides is 2. The van der Waals surface area contributed by atoms with Crippen molar-refractivity contribution in [2.75, 3.05) is 32.5 Å². The second kappa shape index (κ2) is 10.2. The fraction of sp³-hybridized carbons (Fsp3) is 0.208. The zero-order valence-corrected chi connectivity index (χ0v) is 17.3. The number of carbonyl (C=O) groups excluding carboxylic acids is 2. The molecule has 2 N–H and O–H groups in total. The summed E-state index contributed by atoms with van der Waals surface area (Å²) in [4.78, 5) is 30.7. The lowest BCUT2D eigenvalue weighted by molar-refractivity contribution is -0.127. The van der Waals surface area contributed by atoms with Crippen molar-refractivity contribution in [2.24, 2.45) is 0 Å². The van der Waals surface area contributed by atoms with E-state index in [-0.39, 0.29) is 18.4 Å². The van der Waals surface area contributed by atoms with Crippen molar-refractivity contribution in [1.82, 2.24) is 15.2 Å². The highest BCUT2D eigenvalue weighted by Gasteiger charge is 2.16. The van der Waals surface area contributed by atoms with Gasteiger partial charge in [-0.1, -0.05) is 60.7 Å². The number of hydrogen-bond acceptors (Lipinski definition) is 4. The van der Waals surface area contributed by atoms with Crippen molar-refractivity contribution in [2.45, 2.75) is 6.42 Å². The van der Waals surface area contributed by atoms with Crippen LogP contribution in [0.25, 0.3) is 11.3 Å². The van der Waals surface area contributed by atoms with E-state index in [0.717, 1.165) is 17.7 Å². The summed E-state index contributed by atoms with van der Waals surface area (Å²) in [5, 5.41) is 5.97. The summed E-state index contributed by atoms with van der Waals surface area (Å²) in [5.41, 5.74) is 3.36. The van der Waals surface area contributed by atoms with Crippen LogP contribution in [-0.2, 0) is 11.2 Å². The number of hydrogen-bond donors (Lipinski definition) is 2. The quantitative estimate of drug-likeness (QED) is 0.607. The van der Waals surface area contributed by atoms with Gasteiger partial charge < -0.3 is 15.5 Å². The standard InChI is InChI=1S/C24H26N4O2/c1-28(2)22(29)17-26-24(30)20-13-14-21(19-11-7-4-8-12-19)27-23(20)25-16-15-18-9-5-3-6-10-18/h3-14H,15-17H2,1-2H3,(H,25,27)(H,26,30).